The molecule has 0 aromatic heterocycles. The zero-order chi connectivity index (χ0) is 22.3. The number of halogens is 5. The summed E-state index contributed by atoms with van der Waals surface area (Å²) in [5, 5.41) is 8.06. The Hall–Kier alpha value is -1.91. The van der Waals surface area contributed by atoms with Gasteiger partial charge in [-0.15, -0.1) is 0 Å². The van der Waals surface area contributed by atoms with Gasteiger partial charge in [-0.1, -0.05) is 17.7 Å². The fourth-order valence-corrected chi connectivity index (χ4v) is 3.82. The van der Waals surface area contributed by atoms with E-state index < -0.39 is 18.5 Å². The number of benzene rings is 1. The first-order valence-electron chi connectivity index (χ1n) is 9.54. The number of likely N-dealkylation sites (tertiary alicyclic amines) is 1. The summed E-state index contributed by atoms with van der Waals surface area (Å²) < 4.78 is 50.5. The minimum Gasteiger partial charge on any atom is -0.336 e. The lowest BCUT2D eigenvalue weighted by molar-refractivity contribution is -0.148. The highest BCUT2D eigenvalue weighted by atomic mass is 35.5. The number of urea groups is 1. The zero-order valence-electron chi connectivity index (χ0n) is 16.4. The third-order valence-electron chi connectivity index (χ3n) is 5.08. The van der Waals surface area contributed by atoms with Gasteiger partial charge in [0.2, 0.25) is 0 Å². The Morgan fingerprint density at radius 1 is 1.33 bits per heavy atom. The Bertz CT molecular complexity index is 727. The van der Waals surface area contributed by atoms with Crippen molar-refractivity contribution in [3.05, 3.63) is 34.6 Å². The second-order valence-corrected chi connectivity index (χ2v) is 7.67. The number of nitrogens with zero attached hydrogens (tertiary/aromatic N) is 1. The Labute approximate surface area is 177 Å². The highest BCUT2D eigenvalue weighted by Crippen LogP contribution is 2.33. The average molecular weight is 453 g/mol. The van der Waals surface area contributed by atoms with Gasteiger partial charge in [-0.2, -0.15) is 13.2 Å². The first-order valence-corrected chi connectivity index (χ1v) is 9.91. The Balaban J connectivity index is 0.000000335. The third kappa shape index (κ3) is 7.41. The van der Waals surface area contributed by atoms with Crippen LogP contribution in [0.25, 0.3) is 0 Å². The summed E-state index contributed by atoms with van der Waals surface area (Å²) in [7, 11) is 1.80. The maximum absolute atomic E-state index is 13.3. The molecule has 6 nitrogen and oxygen atoms in total. The average Bonchev–Trinajstić information content (AvgIpc) is 3.11. The van der Waals surface area contributed by atoms with Crippen molar-refractivity contribution >= 4 is 23.9 Å². The molecule has 2 unspecified atom stereocenters. The SMILES string of the molecule is CNC(c1ccc(F)c(Cl)c1)C1CCN(CC(F)(F)F)CC1.O=CC1CNC(=O)N1. The molecule has 0 spiro atoms. The standard InChI is InChI=1S/C15H19ClF4N2.C4H6N2O2/c1-21-14(11-2-3-13(17)12(16)8-11)10-4-6-22(7-5-10)9-15(18,19)20;7-2-3-1-5-4(8)6-3/h2-3,8,10,14,21H,4-7,9H2,1H3;2-3H,1H2,(H2,5,6,8). The van der Waals surface area contributed by atoms with Crippen LogP contribution in [0.5, 0.6) is 0 Å². The molecular formula is C19H25ClF4N4O2. The molecule has 0 bridgehead atoms. The number of piperidine rings is 1. The van der Waals surface area contributed by atoms with Crippen LogP contribution in [0.3, 0.4) is 0 Å². The van der Waals surface area contributed by atoms with E-state index in [9.17, 15) is 27.2 Å². The molecule has 2 aliphatic heterocycles. The molecule has 0 radical (unpaired) electrons. The van der Waals surface area contributed by atoms with Crippen LogP contribution in [0, 0.1) is 11.7 Å². The summed E-state index contributed by atoms with van der Waals surface area (Å²) in [4.78, 5) is 21.6. The maximum atomic E-state index is 13.3. The van der Waals surface area contributed by atoms with Crippen LogP contribution < -0.4 is 16.0 Å². The summed E-state index contributed by atoms with van der Waals surface area (Å²) >= 11 is 5.81. The van der Waals surface area contributed by atoms with Crippen LogP contribution in [-0.4, -0.2) is 62.7 Å². The molecule has 30 heavy (non-hydrogen) atoms. The van der Waals surface area contributed by atoms with Crippen molar-refractivity contribution in [1.29, 1.82) is 0 Å². The van der Waals surface area contributed by atoms with Gasteiger partial charge in [-0.3, -0.25) is 4.90 Å². The molecule has 0 aliphatic carbocycles. The van der Waals surface area contributed by atoms with Crippen molar-refractivity contribution < 1.29 is 27.2 Å². The number of hydrogen-bond donors (Lipinski definition) is 3. The number of carbonyl (C=O) groups is 2. The topological polar surface area (TPSA) is 73.5 Å². The quantitative estimate of drug-likeness (QED) is 0.474. The Morgan fingerprint density at radius 3 is 2.43 bits per heavy atom. The van der Waals surface area contributed by atoms with Crippen molar-refractivity contribution in [1.82, 2.24) is 20.9 Å². The molecule has 2 fully saturated rings. The molecule has 0 saturated carbocycles. The van der Waals surface area contributed by atoms with Crippen molar-refractivity contribution in [2.24, 2.45) is 5.92 Å². The summed E-state index contributed by atoms with van der Waals surface area (Å²) in [5.74, 6) is -0.267. The number of amides is 2. The number of hydrogen-bond acceptors (Lipinski definition) is 4. The molecule has 1 aromatic rings. The van der Waals surface area contributed by atoms with Gasteiger partial charge in [-0.05, 0) is 56.6 Å². The molecule has 3 N–H and O–H groups in total. The van der Waals surface area contributed by atoms with E-state index in [2.05, 4.69) is 16.0 Å². The molecule has 1 aromatic carbocycles. The fourth-order valence-electron chi connectivity index (χ4n) is 3.63. The van der Waals surface area contributed by atoms with Crippen molar-refractivity contribution in [2.45, 2.75) is 31.1 Å². The molecule has 168 valence electrons. The lowest BCUT2D eigenvalue weighted by atomic mass is 9.85. The first-order chi connectivity index (χ1) is 14.1. The van der Waals surface area contributed by atoms with Gasteiger partial charge in [0.15, 0.2) is 0 Å². The molecule has 2 heterocycles. The second-order valence-electron chi connectivity index (χ2n) is 7.27. The smallest absolute Gasteiger partial charge is 0.336 e. The number of aldehydes is 1. The van der Waals surface area contributed by atoms with Crippen LogP contribution >= 0.6 is 11.6 Å². The van der Waals surface area contributed by atoms with E-state index in [1.54, 1.807) is 19.2 Å². The maximum Gasteiger partial charge on any atom is 0.401 e. The highest BCUT2D eigenvalue weighted by molar-refractivity contribution is 6.30. The van der Waals surface area contributed by atoms with Crippen molar-refractivity contribution in [2.75, 3.05) is 33.2 Å². The van der Waals surface area contributed by atoms with Gasteiger partial charge in [-0.25, -0.2) is 9.18 Å². The van der Waals surface area contributed by atoms with E-state index in [-0.39, 0.29) is 29.1 Å². The summed E-state index contributed by atoms with van der Waals surface area (Å²) in [6.45, 7) is 0.392. The van der Waals surface area contributed by atoms with Crippen LogP contribution in [0.4, 0.5) is 22.4 Å². The van der Waals surface area contributed by atoms with Crippen LogP contribution in [0.2, 0.25) is 5.02 Å². The summed E-state index contributed by atoms with van der Waals surface area (Å²) in [6.07, 6.45) is -2.12. The van der Waals surface area contributed by atoms with Gasteiger partial charge in [0.25, 0.3) is 0 Å². The molecule has 11 heteroatoms. The van der Waals surface area contributed by atoms with Crippen LogP contribution in [-0.2, 0) is 4.79 Å². The number of alkyl halides is 3. The summed E-state index contributed by atoms with van der Waals surface area (Å²) in [6, 6.07) is 3.96. The largest absolute Gasteiger partial charge is 0.401 e. The normalized spacial score (nSPS) is 21.3. The van der Waals surface area contributed by atoms with E-state index in [0.717, 1.165) is 5.56 Å². The lowest BCUT2D eigenvalue weighted by Crippen LogP contribution is -2.42. The van der Waals surface area contributed by atoms with E-state index in [1.807, 2.05) is 0 Å². The molecule has 2 aliphatic rings. The molecule has 2 atom stereocenters. The van der Waals surface area contributed by atoms with Crippen LogP contribution in [0.15, 0.2) is 18.2 Å². The lowest BCUT2D eigenvalue weighted by Gasteiger charge is -2.36. The molecule has 2 amide bonds. The first kappa shape index (κ1) is 24.4. The van der Waals surface area contributed by atoms with Gasteiger partial charge in [0.1, 0.15) is 18.1 Å². The summed E-state index contributed by atoms with van der Waals surface area (Å²) in [5.41, 5.74) is 0.864. The van der Waals surface area contributed by atoms with E-state index in [4.69, 9.17) is 11.6 Å². The minimum atomic E-state index is -4.15. The highest BCUT2D eigenvalue weighted by Gasteiger charge is 2.34. The van der Waals surface area contributed by atoms with Gasteiger partial charge in [0.05, 0.1) is 11.6 Å². The zero-order valence-corrected chi connectivity index (χ0v) is 17.2. The molecule has 2 saturated heterocycles. The second kappa shape index (κ2) is 10.9. The van der Waals surface area contributed by atoms with Gasteiger partial charge in [0, 0.05) is 12.6 Å². The fraction of sp³-hybridized carbons (Fsp3) is 0.579. The van der Waals surface area contributed by atoms with Gasteiger partial charge < -0.3 is 20.7 Å². The predicted octanol–water partition coefficient (Wildman–Crippen LogP) is 2.88. The Morgan fingerprint density at radius 2 is 2.00 bits per heavy atom. The number of rotatable bonds is 5. The number of nitrogens with one attached hydrogen (secondary N) is 3. The van der Waals surface area contributed by atoms with E-state index in [0.29, 0.717) is 38.8 Å². The molecule has 3 rings (SSSR count). The minimum absolute atomic E-state index is 0.0360. The predicted molar refractivity (Wildman–Crippen MR) is 105 cm³/mol. The van der Waals surface area contributed by atoms with Gasteiger partial charge >= 0.3 is 12.2 Å². The molecular weight excluding hydrogens is 428 g/mol. The third-order valence-corrected chi connectivity index (χ3v) is 5.37. The van der Waals surface area contributed by atoms with E-state index >= 15 is 0 Å². The van der Waals surface area contributed by atoms with Crippen molar-refractivity contribution in [3.8, 4) is 0 Å². The van der Waals surface area contributed by atoms with Crippen LogP contribution in [0.1, 0.15) is 24.4 Å². The number of carbonyl (C=O) groups excluding carboxylic acids is 2. The Kier molecular flexibility index (Phi) is 8.87. The monoisotopic (exact) mass is 452 g/mol. The van der Waals surface area contributed by atoms with E-state index in [1.165, 1.54) is 11.0 Å². The van der Waals surface area contributed by atoms with Crippen molar-refractivity contribution in [3.63, 3.8) is 0 Å².